The number of benzene rings is 1. The molecule has 0 saturated heterocycles. The number of carbonyl (C=O) groups excluding carboxylic acids is 2. The van der Waals surface area contributed by atoms with Crippen LogP contribution in [0.25, 0.3) is 11.1 Å². The van der Waals surface area contributed by atoms with E-state index in [2.05, 4.69) is 4.98 Å². The smallest absolute Gasteiger partial charge is 0.342 e. The van der Waals surface area contributed by atoms with Crippen LogP contribution >= 0.6 is 0 Å². The number of aromatic nitrogens is 2. The van der Waals surface area contributed by atoms with Gasteiger partial charge in [0.05, 0.1) is 18.1 Å². The molecule has 0 spiro atoms. The minimum atomic E-state index is -0.721. The van der Waals surface area contributed by atoms with Crippen molar-refractivity contribution in [1.29, 1.82) is 0 Å². The van der Waals surface area contributed by atoms with Crippen LogP contribution in [0.15, 0.2) is 33.7 Å². The molecule has 10 heteroatoms. The summed E-state index contributed by atoms with van der Waals surface area (Å²) in [7, 11) is 0. The van der Waals surface area contributed by atoms with Crippen LogP contribution in [0.4, 0.5) is 5.69 Å². The van der Waals surface area contributed by atoms with Gasteiger partial charge >= 0.3 is 5.97 Å². The van der Waals surface area contributed by atoms with Crippen molar-refractivity contribution in [3.8, 4) is 0 Å². The van der Waals surface area contributed by atoms with Crippen LogP contribution in [-0.4, -0.2) is 32.8 Å². The molecule has 0 aliphatic heterocycles. The van der Waals surface area contributed by atoms with Crippen molar-refractivity contribution in [2.45, 2.75) is 27.3 Å². The molecule has 0 aliphatic carbocycles. The molecule has 0 amide bonds. The number of carbonyl (C=O) groups is 2. The van der Waals surface area contributed by atoms with Crippen LogP contribution in [0.3, 0.4) is 0 Å². The highest BCUT2D eigenvalue weighted by molar-refractivity contribution is 6.03. The number of esters is 1. The second kappa shape index (κ2) is 7.66. The number of aryl methyl sites for hydroxylation is 2. The molecule has 1 aromatic carbocycles. The van der Waals surface area contributed by atoms with E-state index in [0.717, 1.165) is 10.9 Å². The maximum absolute atomic E-state index is 12.9. The zero-order valence-electron chi connectivity index (χ0n) is 15.9. The third-order valence-corrected chi connectivity index (χ3v) is 4.38. The minimum Gasteiger partial charge on any atom is -0.462 e. The van der Waals surface area contributed by atoms with Gasteiger partial charge in [0.2, 0.25) is 5.71 Å². The SMILES string of the molecule is CCOC(=O)c1c(C)oc2ncn(CC(=O)c3ccc(C)c([N+](=O)[O-])c3)c(=O)c12. The average Bonchev–Trinajstić information content (AvgIpc) is 3.01. The first kappa shape index (κ1) is 19.9. The number of Topliss-reactive ketones (excluding diaryl/α,β-unsaturated/α-hetero) is 1. The van der Waals surface area contributed by atoms with Gasteiger partial charge < -0.3 is 9.15 Å². The summed E-state index contributed by atoms with van der Waals surface area (Å²) in [5.41, 5.74) is -0.405. The first-order chi connectivity index (χ1) is 13.7. The number of fused-ring (bicyclic) bond motifs is 1. The van der Waals surface area contributed by atoms with Gasteiger partial charge in [0.1, 0.15) is 23.0 Å². The van der Waals surface area contributed by atoms with Crippen LogP contribution in [-0.2, 0) is 11.3 Å². The number of rotatable bonds is 6. The van der Waals surface area contributed by atoms with Gasteiger partial charge in [-0.2, -0.15) is 0 Å². The second-order valence-electron chi connectivity index (χ2n) is 6.29. The Morgan fingerprint density at radius 3 is 2.69 bits per heavy atom. The normalized spacial score (nSPS) is 10.9. The standard InChI is InChI=1S/C19H17N3O7/c1-4-28-19(25)15-11(3)29-17-16(15)18(24)21(9-20-17)8-14(23)12-6-5-10(2)13(7-12)22(26)27/h5-7,9H,4,8H2,1-3H3. The fourth-order valence-electron chi connectivity index (χ4n) is 2.92. The largest absolute Gasteiger partial charge is 0.462 e. The molecule has 0 bridgehead atoms. The lowest BCUT2D eigenvalue weighted by Crippen LogP contribution is -2.25. The Labute approximate surface area is 163 Å². The highest BCUT2D eigenvalue weighted by atomic mass is 16.6. The monoisotopic (exact) mass is 399 g/mol. The number of hydrogen-bond acceptors (Lipinski definition) is 8. The Morgan fingerprint density at radius 1 is 1.31 bits per heavy atom. The summed E-state index contributed by atoms with van der Waals surface area (Å²) in [5, 5.41) is 11.0. The van der Waals surface area contributed by atoms with Gasteiger partial charge in [-0.15, -0.1) is 0 Å². The van der Waals surface area contributed by atoms with Crippen LogP contribution in [0.5, 0.6) is 0 Å². The number of furan rings is 1. The molecule has 3 rings (SSSR count). The van der Waals surface area contributed by atoms with E-state index >= 15 is 0 Å². The van der Waals surface area contributed by atoms with E-state index in [4.69, 9.17) is 9.15 Å². The molecule has 0 atom stereocenters. The van der Waals surface area contributed by atoms with Crippen molar-refractivity contribution in [2.24, 2.45) is 0 Å². The van der Waals surface area contributed by atoms with E-state index in [9.17, 15) is 24.5 Å². The van der Waals surface area contributed by atoms with Gasteiger partial charge in [0, 0.05) is 17.2 Å². The van der Waals surface area contributed by atoms with Crippen LogP contribution in [0.1, 0.15) is 39.0 Å². The molecule has 2 aromatic heterocycles. The summed E-state index contributed by atoms with van der Waals surface area (Å²) in [5.74, 6) is -1.06. The quantitative estimate of drug-likeness (QED) is 0.267. The van der Waals surface area contributed by atoms with Gasteiger partial charge in [-0.3, -0.25) is 24.3 Å². The molecule has 0 unspecified atom stereocenters. The van der Waals surface area contributed by atoms with Gasteiger partial charge in [-0.05, 0) is 20.8 Å². The molecule has 10 nitrogen and oxygen atoms in total. The molecule has 0 aliphatic rings. The second-order valence-corrected chi connectivity index (χ2v) is 6.29. The highest BCUT2D eigenvalue weighted by Gasteiger charge is 2.24. The van der Waals surface area contributed by atoms with Crippen LogP contribution in [0, 0.1) is 24.0 Å². The minimum absolute atomic E-state index is 0.0351. The number of ether oxygens (including phenoxy) is 1. The van der Waals surface area contributed by atoms with Crippen molar-refractivity contribution in [3.63, 3.8) is 0 Å². The van der Waals surface area contributed by atoms with Crippen LogP contribution in [0.2, 0.25) is 0 Å². The summed E-state index contributed by atoms with van der Waals surface area (Å²) >= 11 is 0. The van der Waals surface area contributed by atoms with E-state index < -0.39 is 28.8 Å². The lowest BCUT2D eigenvalue weighted by Gasteiger charge is -2.06. The maximum Gasteiger partial charge on any atom is 0.342 e. The van der Waals surface area contributed by atoms with E-state index in [1.54, 1.807) is 13.8 Å². The van der Waals surface area contributed by atoms with Crippen molar-refractivity contribution in [2.75, 3.05) is 6.61 Å². The predicted molar refractivity (Wildman–Crippen MR) is 101 cm³/mol. The van der Waals surface area contributed by atoms with Crippen molar-refractivity contribution in [3.05, 3.63) is 67.4 Å². The fourth-order valence-corrected chi connectivity index (χ4v) is 2.92. The molecule has 150 valence electrons. The Balaban J connectivity index is 2.02. The van der Waals surface area contributed by atoms with E-state index in [1.807, 2.05) is 0 Å². The number of hydrogen-bond donors (Lipinski definition) is 0. The van der Waals surface area contributed by atoms with Gasteiger partial charge in [0.25, 0.3) is 11.2 Å². The maximum atomic E-state index is 12.9. The molecular formula is C19H17N3O7. The number of ketones is 1. The van der Waals surface area contributed by atoms with Gasteiger partial charge in [-0.1, -0.05) is 12.1 Å². The third kappa shape index (κ3) is 3.64. The zero-order chi connectivity index (χ0) is 21.3. The molecule has 2 heterocycles. The molecule has 0 fully saturated rings. The zero-order valence-corrected chi connectivity index (χ0v) is 15.9. The summed E-state index contributed by atoms with van der Waals surface area (Å²) in [6, 6.07) is 4.09. The Hall–Kier alpha value is -3.82. The fraction of sp³-hybridized carbons (Fsp3) is 0.263. The van der Waals surface area contributed by atoms with Crippen LogP contribution < -0.4 is 5.56 Å². The van der Waals surface area contributed by atoms with E-state index in [-0.39, 0.29) is 40.3 Å². The van der Waals surface area contributed by atoms with Crippen molar-refractivity contribution < 1.29 is 23.7 Å². The molecule has 0 saturated carbocycles. The van der Waals surface area contributed by atoms with E-state index in [0.29, 0.717) is 5.56 Å². The van der Waals surface area contributed by atoms with E-state index in [1.165, 1.54) is 25.1 Å². The summed E-state index contributed by atoms with van der Waals surface area (Å²) in [6.07, 6.45) is 1.13. The lowest BCUT2D eigenvalue weighted by atomic mass is 10.1. The number of nitro benzene ring substituents is 1. The summed E-state index contributed by atoms with van der Waals surface area (Å²) in [4.78, 5) is 52.2. The van der Waals surface area contributed by atoms with Gasteiger partial charge in [0.15, 0.2) is 5.78 Å². The summed E-state index contributed by atoms with van der Waals surface area (Å²) < 4.78 is 11.3. The number of nitrogens with zero attached hydrogens (tertiary/aromatic N) is 3. The molecule has 29 heavy (non-hydrogen) atoms. The molecule has 3 aromatic rings. The molecule has 0 N–H and O–H groups in total. The van der Waals surface area contributed by atoms with Gasteiger partial charge in [-0.25, -0.2) is 9.78 Å². The lowest BCUT2D eigenvalue weighted by molar-refractivity contribution is -0.385. The predicted octanol–water partition coefficient (Wildman–Crippen LogP) is 2.57. The van der Waals surface area contributed by atoms with Crippen molar-refractivity contribution in [1.82, 2.24) is 9.55 Å². The Bertz CT molecular complexity index is 1210. The Morgan fingerprint density at radius 2 is 2.03 bits per heavy atom. The molecule has 0 radical (unpaired) electrons. The first-order valence-electron chi connectivity index (χ1n) is 8.68. The topological polar surface area (TPSA) is 135 Å². The number of nitro groups is 1. The average molecular weight is 399 g/mol. The highest BCUT2D eigenvalue weighted by Crippen LogP contribution is 2.22. The Kier molecular flexibility index (Phi) is 5.26. The first-order valence-corrected chi connectivity index (χ1v) is 8.68. The summed E-state index contributed by atoms with van der Waals surface area (Å²) in [6.45, 7) is 4.41. The third-order valence-electron chi connectivity index (χ3n) is 4.38. The van der Waals surface area contributed by atoms with Crippen molar-refractivity contribution >= 4 is 28.5 Å². The molecular weight excluding hydrogens is 382 g/mol.